The molecule has 0 N–H and O–H groups in total. The van der Waals surface area contributed by atoms with Crippen LogP contribution in [0.15, 0.2) is 24.3 Å². The van der Waals surface area contributed by atoms with E-state index in [0.717, 1.165) is 11.4 Å². The Morgan fingerprint density at radius 2 is 1.78 bits per heavy atom. The highest BCUT2D eigenvalue weighted by Crippen LogP contribution is 2.38. The van der Waals surface area contributed by atoms with Crippen molar-refractivity contribution in [1.29, 1.82) is 0 Å². The van der Waals surface area contributed by atoms with Gasteiger partial charge in [0.05, 0.1) is 7.11 Å². The molecule has 23 heavy (non-hydrogen) atoms. The molecule has 2 fully saturated rings. The first kappa shape index (κ1) is 16.4. The first-order valence-electron chi connectivity index (χ1n) is 9.15. The lowest BCUT2D eigenvalue weighted by molar-refractivity contribution is -0.120. The van der Waals surface area contributed by atoms with Crippen LogP contribution in [0.4, 0.5) is 5.69 Å². The van der Waals surface area contributed by atoms with Crippen molar-refractivity contribution in [3.63, 3.8) is 0 Å². The zero-order chi connectivity index (χ0) is 16.2. The Kier molecular flexibility index (Phi) is 5.24. The molecule has 3 nitrogen and oxygen atoms in total. The van der Waals surface area contributed by atoms with Crippen LogP contribution in [0.1, 0.15) is 58.3 Å². The highest BCUT2D eigenvalue weighted by atomic mass is 16.5. The maximum Gasteiger partial charge on any atom is 0.227 e. The minimum atomic E-state index is 0.305. The highest BCUT2D eigenvalue weighted by Gasteiger charge is 2.35. The van der Waals surface area contributed by atoms with Crippen molar-refractivity contribution < 1.29 is 9.53 Å². The van der Waals surface area contributed by atoms with E-state index in [9.17, 15) is 4.79 Å². The Labute approximate surface area is 140 Å². The Bertz CT molecular complexity index is 515. The number of benzene rings is 1. The average molecular weight is 315 g/mol. The van der Waals surface area contributed by atoms with Gasteiger partial charge in [0, 0.05) is 18.2 Å². The predicted octanol–water partition coefficient (Wildman–Crippen LogP) is 4.80. The van der Waals surface area contributed by atoms with Gasteiger partial charge in [-0.05, 0) is 68.7 Å². The minimum absolute atomic E-state index is 0.305. The average Bonchev–Trinajstić information content (AvgIpc) is 3.41. The van der Waals surface area contributed by atoms with Gasteiger partial charge >= 0.3 is 0 Å². The van der Waals surface area contributed by atoms with Crippen molar-refractivity contribution in [2.24, 2.45) is 11.8 Å². The van der Waals surface area contributed by atoms with Crippen LogP contribution in [0.5, 0.6) is 5.75 Å². The van der Waals surface area contributed by atoms with E-state index < -0.39 is 0 Å². The van der Waals surface area contributed by atoms with E-state index in [1.807, 2.05) is 24.3 Å². The number of hydrogen-bond acceptors (Lipinski definition) is 2. The van der Waals surface area contributed by atoms with Gasteiger partial charge in [-0.2, -0.15) is 0 Å². The molecule has 1 amide bonds. The second-order valence-corrected chi connectivity index (χ2v) is 7.25. The largest absolute Gasteiger partial charge is 0.497 e. The summed E-state index contributed by atoms with van der Waals surface area (Å²) in [7, 11) is 1.67. The Balaban J connectivity index is 1.74. The molecule has 2 aliphatic rings. The molecule has 0 aliphatic heterocycles. The molecule has 1 unspecified atom stereocenters. The van der Waals surface area contributed by atoms with Crippen LogP contribution in [-0.2, 0) is 4.79 Å². The summed E-state index contributed by atoms with van der Waals surface area (Å²) in [4.78, 5) is 15.1. The zero-order valence-corrected chi connectivity index (χ0v) is 14.5. The van der Waals surface area contributed by atoms with Crippen LogP contribution < -0.4 is 9.64 Å². The molecule has 0 heterocycles. The zero-order valence-electron chi connectivity index (χ0n) is 14.5. The van der Waals surface area contributed by atoms with Crippen LogP contribution in [-0.4, -0.2) is 19.1 Å². The summed E-state index contributed by atoms with van der Waals surface area (Å²) >= 11 is 0. The standard InChI is InChI=1S/C20H29NO2/c1-15(17-8-9-17)21(18-10-12-19(23-2)13-11-18)20(22)14-16-6-4-3-5-7-16/h10-13,15-17H,3-9,14H2,1-2H3. The quantitative estimate of drug-likeness (QED) is 0.755. The maximum absolute atomic E-state index is 13.0. The van der Waals surface area contributed by atoms with Gasteiger partial charge < -0.3 is 9.64 Å². The van der Waals surface area contributed by atoms with E-state index in [0.29, 0.717) is 30.2 Å². The number of methoxy groups -OCH3 is 1. The predicted molar refractivity (Wildman–Crippen MR) is 93.9 cm³/mol. The topological polar surface area (TPSA) is 29.5 Å². The molecule has 3 rings (SSSR count). The van der Waals surface area contributed by atoms with Gasteiger partial charge in [0.2, 0.25) is 5.91 Å². The minimum Gasteiger partial charge on any atom is -0.497 e. The molecule has 2 saturated carbocycles. The lowest BCUT2D eigenvalue weighted by atomic mass is 9.86. The molecule has 1 atom stereocenters. The third-order valence-electron chi connectivity index (χ3n) is 5.52. The molecule has 0 bridgehead atoms. The van der Waals surface area contributed by atoms with Crippen LogP contribution >= 0.6 is 0 Å². The van der Waals surface area contributed by atoms with E-state index in [4.69, 9.17) is 4.74 Å². The van der Waals surface area contributed by atoms with E-state index in [2.05, 4.69) is 11.8 Å². The molecule has 0 radical (unpaired) electrons. The van der Waals surface area contributed by atoms with Crippen LogP contribution in [0, 0.1) is 11.8 Å². The summed E-state index contributed by atoms with van der Waals surface area (Å²) < 4.78 is 5.25. The van der Waals surface area contributed by atoms with Crippen molar-refractivity contribution in [3.8, 4) is 5.75 Å². The maximum atomic E-state index is 13.0. The number of carbonyl (C=O) groups excluding carboxylic acids is 1. The molecule has 126 valence electrons. The molecule has 0 aromatic heterocycles. The summed E-state index contributed by atoms with van der Waals surface area (Å²) in [5.74, 6) is 2.41. The molecule has 2 aliphatic carbocycles. The Hall–Kier alpha value is -1.51. The summed E-state index contributed by atoms with van der Waals surface area (Å²) in [6, 6.07) is 8.26. The number of carbonyl (C=O) groups is 1. The van der Waals surface area contributed by atoms with Crippen molar-refractivity contribution in [1.82, 2.24) is 0 Å². The van der Waals surface area contributed by atoms with E-state index in [1.54, 1.807) is 7.11 Å². The first-order chi connectivity index (χ1) is 11.2. The van der Waals surface area contributed by atoms with Crippen molar-refractivity contribution in [3.05, 3.63) is 24.3 Å². The summed E-state index contributed by atoms with van der Waals surface area (Å²) in [6.45, 7) is 2.21. The van der Waals surface area contributed by atoms with Gasteiger partial charge in [-0.15, -0.1) is 0 Å². The summed E-state index contributed by atoms with van der Waals surface area (Å²) in [5.41, 5.74) is 1.02. The van der Waals surface area contributed by atoms with Crippen molar-refractivity contribution >= 4 is 11.6 Å². The second kappa shape index (κ2) is 7.37. The molecule has 3 heteroatoms. The number of nitrogens with zero attached hydrogens (tertiary/aromatic N) is 1. The van der Waals surface area contributed by atoms with E-state index in [1.165, 1.54) is 44.9 Å². The van der Waals surface area contributed by atoms with Crippen LogP contribution in [0.3, 0.4) is 0 Å². The fourth-order valence-corrected chi connectivity index (χ4v) is 3.88. The fourth-order valence-electron chi connectivity index (χ4n) is 3.88. The summed E-state index contributed by atoms with van der Waals surface area (Å²) in [6.07, 6.45) is 9.58. The third kappa shape index (κ3) is 4.07. The monoisotopic (exact) mass is 315 g/mol. The van der Waals surface area contributed by atoms with Crippen molar-refractivity contribution in [2.75, 3.05) is 12.0 Å². The highest BCUT2D eigenvalue weighted by molar-refractivity contribution is 5.94. The summed E-state index contributed by atoms with van der Waals surface area (Å²) in [5, 5.41) is 0. The molecule has 0 spiro atoms. The number of ether oxygens (including phenoxy) is 1. The third-order valence-corrected chi connectivity index (χ3v) is 5.52. The number of anilines is 1. The Morgan fingerprint density at radius 3 is 2.35 bits per heavy atom. The van der Waals surface area contributed by atoms with Gasteiger partial charge in [0.25, 0.3) is 0 Å². The van der Waals surface area contributed by atoms with Gasteiger partial charge in [-0.1, -0.05) is 19.3 Å². The Morgan fingerprint density at radius 1 is 1.13 bits per heavy atom. The molecule has 1 aromatic rings. The van der Waals surface area contributed by atoms with Crippen LogP contribution in [0.25, 0.3) is 0 Å². The van der Waals surface area contributed by atoms with Gasteiger partial charge in [-0.25, -0.2) is 0 Å². The molecular weight excluding hydrogens is 286 g/mol. The fraction of sp³-hybridized carbons (Fsp3) is 0.650. The van der Waals surface area contributed by atoms with Crippen LogP contribution in [0.2, 0.25) is 0 Å². The first-order valence-corrected chi connectivity index (χ1v) is 9.15. The SMILES string of the molecule is COc1ccc(N(C(=O)CC2CCCCC2)C(C)C2CC2)cc1. The normalized spacial score (nSPS) is 20.1. The molecule has 0 saturated heterocycles. The lowest BCUT2D eigenvalue weighted by Gasteiger charge is -2.32. The second-order valence-electron chi connectivity index (χ2n) is 7.25. The lowest BCUT2D eigenvalue weighted by Crippen LogP contribution is -2.41. The van der Waals surface area contributed by atoms with E-state index >= 15 is 0 Å². The van der Waals surface area contributed by atoms with Gasteiger partial charge in [0.15, 0.2) is 0 Å². The molecular formula is C20H29NO2. The molecule has 1 aromatic carbocycles. The number of hydrogen-bond donors (Lipinski definition) is 0. The van der Waals surface area contributed by atoms with Gasteiger partial charge in [-0.3, -0.25) is 4.79 Å². The van der Waals surface area contributed by atoms with Gasteiger partial charge in [0.1, 0.15) is 5.75 Å². The number of rotatable bonds is 6. The van der Waals surface area contributed by atoms with E-state index in [-0.39, 0.29) is 0 Å². The smallest absolute Gasteiger partial charge is 0.227 e. The van der Waals surface area contributed by atoms with Crippen molar-refractivity contribution in [2.45, 2.75) is 64.3 Å². The number of amides is 1.